The van der Waals surface area contributed by atoms with Crippen LogP contribution < -0.4 is 10.1 Å². The Morgan fingerprint density at radius 3 is 2.59 bits per heavy atom. The summed E-state index contributed by atoms with van der Waals surface area (Å²) < 4.78 is 19.8. The van der Waals surface area contributed by atoms with Gasteiger partial charge in [-0.25, -0.2) is 4.39 Å². The van der Waals surface area contributed by atoms with Crippen LogP contribution in [0.2, 0.25) is 0 Å². The van der Waals surface area contributed by atoms with Crippen molar-refractivity contribution in [2.24, 2.45) is 5.92 Å². The van der Waals surface area contributed by atoms with Gasteiger partial charge in [0.05, 0.1) is 12.2 Å². The number of fused-ring (bicyclic) bond motifs is 1. The van der Waals surface area contributed by atoms with Crippen molar-refractivity contribution in [2.45, 2.75) is 49.9 Å². The minimum atomic E-state index is -0.731. The zero-order valence-corrected chi connectivity index (χ0v) is 18.0. The fourth-order valence-corrected chi connectivity index (χ4v) is 4.79. The van der Waals surface area contributed by atoms with E-state index in [2.05, 4.69) is 10.2 Å². The van der Waals surface area contributed by atoms with Crippen LogP contribution in [0.15, 0.2) is 42.5 Å². The number of benzene rings is 2. The van der Waals surface area contributed by atoms with Gasteiger partial charge in [0, 0.05) is 43.2 Å². The van der Waals surface area contributed by atoms with Crippen LogP contribution >= 0.6 is 0 Å². The molecule has 2 aliphatic heterocycles. The number of likely N-dealkylation sites (tertiary alicyclic amines) is 1. The van der Waals surface area contributed by atoms with E-state index in [1.807, 2.05) is 24.3 Å². The minimum absolute atomic E-state index is 0.0725. The van der Waals surface area contributed by atoms with Crippen LogP contribution in [-0.2, 0) is 4.79 Å². The minimum Gasteiger partial charge on any atom is -0.487 e. The molecule has 32 heavy (non-hydrogen) atoms. The summed E-state index contributed by atoms with van der Waals surface area (Å²) >= 11 is 0. The van der Waals surface area contributed by atoms with Crippen molar-refractivity contribution in [3.63, 3.8) is 0 Å². The lowest BCUT2D eigenvalue weighted by Gasteiger charge is -2.46. The predicted octanol–water partition coefficient (Wildman–Crippen LogP) is 3.56. The highest BCUT2D eigenvalue weighted by molar-refractivity contribution is 5.94. The van der Waals surface area contributed by atoms with E-state index in [9.17, 15) is 19.4 Å². The van der Waals surface area contributed by atoms with Gasteiger partial charge in [-0.2, -0.15) is 0 Å². The van der Waals surface area contributed by atoms with Crippen LogP contribution in [-0.4, -0.2) is 46.3 Å². The molecule has 1 saturated carbocycles. The summed E-state index contributed by atoms with van der Waals surface area (Å²) in [5.74, 6) is 0.423. The molecule has 2 heterocycles. The smallest absolute Gasteiger partial charge is 0.227 e. The molecule has 2 atom stereocenters. The first-order valence-corrected chi connectivity index (χ1v) is 11.4. The van der Waals surface area contributed by atoms with Crippen LogP contribution in [0, 0.1) is 11.7 Å². The van der Waals surface area contributed by atoms with Gasteiger partial charge in [-0.1, -0.05) is 12.1 Å². The quantitative estimate of drug-likeness (QED) is 0.662. The Kier molecular flexibility index (Phi) is 5.65. The first-order chi connectivity index (χ1) is 15.4. The molecule has 170 valence electrons. The van der Waals surface area contributed by atoms with Crippen LogP contribution in [0.1, 0.15) is 55.4 Å². The summed E-state index contributed by atoms with van der Waals surface area (Å²) in [5, 5.41) is 24.2. The number of hydrogen-bond acceptors (Lipinski definition) is 5. The number of amides is 1. The number of nitrogens with zero attached hydrogens (tertiary/aromatic N) is 1. The molecule has 1 aliphatic carbocycles. The Balaban J connectivity index is 1.15. The summed E-state index contributed by atoms with van der Waals surface area (Å²) in [6.07, 6.45) is 2.50. The van der Waals surface area contributed by atoms with Gasteiger partial charge in [0.15, 0.2) is 0 Å². The molecule has 0 unspecified atom stereocenters. The Bertz CT molecular complexity index is 984. The lowest BCUT2D eigenvalue weighted by Crippen LogP contribution is -2.51. The van der Waals surface area contributed by atoms with Gasteiger partial charge in [-0.15, -0.1) is 0 Å². The normalized spacial score (nSPS) is 23.3. The lowest BCUT2D eigenvalue weighted by atomic mass is 9.81. The first-order valence-electron chi connectivity index (χ1n) is 11.4. The average molecular weight is 441 g/mol. The van der Waals surface area contributed by atoms with E-state index in [0.29, 0.717) is 24.3 Å². The maximum Gasteiger partial charge on any atom is 0.227 e. The number of ether oxygens (including phenoxy) is 1. The highest BCUT2D eigenvalue weighted by atomic mass is 19.1. The van der Waals surface area contributed by atoms with Crippen molar-refractivity contribution >= 4 is 11.6 Å². The molecule has 0 bridgehead atoms. The average Bonchev–Trinajstić information content (AvgIpc) is 3.62. The number of halogens is 1. The fraction of sp³-hybridized carbons (Fsp3) is 0.480. The molecule has 0 aromatic heterocycles. The number of piperidine rings is 1. The van der Waals surface area contributed by atoms with E-state index in [4.69, 9.17) is 4.74 Å². The predicted molar refractivity (Wildman–Crippen MR) is 118 cm³/mol. The lowest BCUT2D eigenvalue weighted by molar-refractivity contribution is -0.117. The number of aliphatic hydroxyl groups excluding tert-OH is 2. The van der Waals surface area contributed by atoms with Gasteiger partial charge >= 0.3 is 0 Å². The summed E-state index contributed by atoms with van der Waals surface area (Å²) in [7, 11) is 0. The number of rotatable bonds is 5. The van der Waals surface area contributed by atoms with Crippen LogP contribution in [0.4, 0.5) is 10.1 Å². The monoisotopic (exact) mass is 440 g/mol. The van der Waals surface area contributed by atoms with Gasteiger partial charge in [0.2, 0.25) is 5.91 Å². The molecule has 5 rings (SSSR count). The van der Waals surface area contributed by atoms with Crippen LogP contribution in [0.25, 0.3) is 0 Å². The van der Waals surface area contributed by atoms with Crippen molar-refractivity contribution in [1.29, 1.82) is 0 Å². The maximum atomic E-state index is 13.5. The number of anilines is 1. The second-order valence-electron chi connectivity index (χ2n) is 9.39. The highest BCUT2D eigenvalue weighted by Crippen LogP contribution is 2.44. The number of carbonyl (C=O) groups excluding carboxylic acids is 1. The van der Waals surface area contributed by atoms with Crippen molar-refractivity contribution in [3.8, 4) is 5.75 Å². The number of β-amino-alcohol motifs (C(OH)–C–C–N with tert-alkyl or cyclic N) is 1. The zero-order valence-electron chi connectivity index (χ0n) is 18.0. The van der Waals surface area contributed by atoms with E-state index in [1.54, 1.807) is 6.07 Å². The fourth-order valence-electron chi connectivity index (χ4n) is 4.79. The molecule has 2 aromatic carbocycles. The molecule has 1 amide bonds. The van der Waals surface area contributed by atoms with Crippen molar-refractivity contribution in [3.05, 3.63) is 59.4 Å². The van der Waals surface area contributed by atoms with Gasteiger partial charge < -0.3 is 25.2 Å². The summed E-state index contributed by atoms with van der Waals surface area (Å²) in [4.78, 5) is 14.1. The van der Waals surface area contributed by atoms with Crippen molar-refractivity contribution in [1.82, 2.24) is 4.90 Å². The summed E-state index contributed by atoms with van der Waals surface area (Å²) in [5.41, 5.74) is 1.64. The molecule has 3 N–H and O–H groups in total. The molecule has 2 aromatic rings. The number of nitrogens with one attached hydrogen (secondary N) is 1. The molecule has 6 nitrogen and oxygen atoms in total. The van der Waals surface area contributed by atoms with Gasteiger partial charge in [-0.05, 0) is 61.6 Å². The molecule has 2 fully saturated rings. The number of hydrogen-bond donors (Lipinski definition) is 3. The summed E-state index contributed by atoms with van der Waals surface area (Å²) in [6, 6.07) is 11.7. The first kappa shape index (κ1) is 21.4. The topological polar surface area (TPSA) is 82.0 Å². The number of aliphatic hydroxyl groups is 2. The highest BCUT2D eigenvalue weighted by Gasteiger charge is 2.43. The summed E-state index contributed by atoms with van der Waals surface area (Å²) in [6.45, 7) is 2.00. The van der Waals surface area contributed by atoms with E-state index in [0.717, 1.165) is 50.0 Å². The maximum absolute atomic E-state index is 13.5. The van der Waals surface area contributed by atoms with Crippen LogP contribution in [0.3, 0.4) is 0 Å². The third-order valence-corrected chi connectivity index (χ3v) is 6.93. The molecular weight excluding hydrogens is 411 g/mol. The van der Waals surface area contributed by atoms with Crippen molar-refractivity contribution < 1.29 is 24.1 Å². The standard InChI is InChI=1S/C25H29FN2O4/c26-18-5-8-23-20(13-18)21(29)14-25(32-23)9-11-28(12-10-25)15-22(30)16-3-6-19(7-4-16)27-24(31)17-1-2-17/h3-8,13,17,21-22,29-30H,1-2,9-12,14-15H2,(H,27,31)/t21-,22+/m1/s1. The Labute approximate surface area is 187 Å². The Morgan fingerprint density at radius 2 is 1.91 bits per heavy atom. The van der Waals surface area contributed by atoms with Gasteiger partial charge in [0.25, 0.3) is 0 Å². The van der Waals surface area contributed by atoms with Gasteiger partial charge in [0.1, 0.15) is 17.2 Å². The number of carbonyl (C=O) groups is 1. The molecular formula is C25H29FN2O4. The van der Waals surface area contributed by atoms with E-state index >= 15 is 0 Å². The van der Waals surface area contributed by atoms with Crippen molar-refractivity contribution in [2.75, 3.05) is 25.0 Å². The third-order valence-electron chi connectivity index (χ3n) is 6.93. The van der Waals surface area contributed by atoms with E-state index < -0.39 is 17.8 Å². The Morgan fingerprint density at radius 1 is 1.19 bits per heavy atom. The second kappa shape index (κ2) is 8.46. The molecule has 1 spiro atoms. The molecule has 0 radical (unpaired) electrons. The SMILES string of the molecule is O=C(Nc1ccc([C@@H](O)CN2CCC3(CC2)C[C@@H](O)c2cc(F)ccc2O3)cc1)C1CC1. The zero-order chi connectivity index (χ0) is 22.3. The van der Waals surface area contributed by atoms with E-state index in [-0.39, 0.29) is 17.6 Å². The molecule has 1 saturated heterocycles. The van der Waals surface area contributed by atoms with Gasteiger partial charge in [-0.3, -0.25) is 4.79 Å². The second-order valence-corrected chi connectivity index (χ2v) is 9.39. The van der Waals surface area contributed by atoms with E-state index in [1.165, 1.54) is 12.1 Å². The molecule has 7 heteroatoms. The third kappa shape index (κ3) is 4.51. The van der Waals surface area contributed by atoms with Crippen LogP contribution in [0.5, 0.6) is 5.75 Å². The molecule has 3 aliphatic rings. The Hall–Kier alpha value is -2.48. The largest absolute Gasteiger partial charge is 0.487 e.